The summed E-state index contributed by atoms with van der Waals surface area (Å²) in [5.41, 5.74) is -3.70. The molecule has 1 aliphatic rings. The highest BCUT2D eigenvalue weighted by atomic mass is 19.4. The minimum Gasteiger partial charge on any atom is -0.493 e. The average Bonchev–Trinajstić information content (AvgIpc) is 3.44. The molecule has 5 rings (SSSR count). The Morgan fingerprint density at radius 3 is 2.43 bits per heavy atom. The molecule has 0 radical (unpaired) electrons. The van der Waals surface area contributed by atoms with Crippen LogP contribution < -0.4 is 24.8 Å². The first-order valence-electron chi connectivity index (χ1n) is 15.5. The number of benzene rings is 3. The van der Waals surface area contributed by atoms with Gasteiger partial charge in [0, 0.05) is 34.7 Å². The maximum absolute atomic E-state index is 14.9. The third-order valence-electron chi connectivity index (χ3n) is 8.55. The van der Waals surface area contributed by atoms with Crippen LogP contribution in [0.15, 0.2) is 78.9 Å². The second-order valence-electron chi connectivity index (χ2n) is 12.1. The first kappa shape index (κ1) is 35.6. The van der Waals surface area contributed by atoms with Crippen molar-refractivity contribution < 1.29 is 46.8 Å². The Morgan fingerprint density at radius 1 is 1.06 bits per heavy atom. The van der Waals surface area contributed by atoms with Gasteiger partial charge in [-0.2, -0.15) is 13.2 Å². The molecule has 0 saturated carbocycles. The second kappa shape index (κ2) is 14.4. The van der Waals surface area contributed by atoms with Crippen LogP contribution in [0, 0.1) is 5.82 Å². The van der Waals surface area contributed by atoms with Crippen molar-refractivity contribution in [2.24, 2.45) is 0 Å². The van der Waals surface area contributed by atoms with Crippen LogP contribution in [-0.2, 0) is 11.0 Å². The third-order valence-corrected chi connectivity index (χ3v) is 8.55. The maximum atomic E-state index is 14.9. The van der Waals surface area contributed by atoms with Crippen molar-refractivity contribution in [2.75, 3.05) is 40.0 Å². The van der Waals surface area contributed by atoms with E-state index in [1.165, 1.54) is 43.5 Å². The van der Waals surface area contributed by atoms with Crippen molar-refractivity contribution in [1.29, 1.82) is 0 Å². The van der Waals surface area contributed by atoms with E-state index < -0.39 is 41.2 Å². The molecule has 1 unspecified atom stereocenters. The van der Waals surface area contributed by atoms with E-state index in [4.69, 9.17) is 19.3 Å². The van der Waals surface area contributed by atoms with Crippen molar-refractivity contribution in [3.05, 3.63) is 107 Å². The average molecular weight is 684 g/mol. The molecule has 3 aromatic carbocycles. The Labute approximate surface area is 280 Å². The smallest absolute Gasteiger partial charge is 0.424 e. The highest BCUT2D eigenvalue weighted by molar-refractivity contribution is 5.95. The van der Waals surface area contributed by atoms with Gasteiger partial charge in [0.15, 0.2) is 11.5 Å². The summed E-state index contributed by atoms with van der Waals surface area (Å²) in [6.07, 6.45) is -5.29. The molecular formula is C36H37F4N3O6. The van der Waals surface area contributed by atoms with Gasteiger partial charge in [-0.1, -0.05) is 37.3 Å². The van der Waals surface area contributed by atoms with Crippen LogP contribution in [0.3, 0.4) is 0 Å². The van der Waals surface area contributed by atoms with Gasteiger partial charge in [0.1, 0.15) is 23.9 Å². The number of aromatic nitrogens is 1. The van der Waals surface area contributed by atoms with Gasteiger partial charge in [-0.15, -0.1) is 0 Å². The molecule has 0 saturated heterocycles. The highest BCUT2D eigenvalue weighted by Crippen LogP contribution is 2.48. The Hall–Kier alpha value is -4.72. The number of carbonyl (C=O) groups excluding carboxylic acids is 1. The third kappa shape index (κ3) is 7.48. The number of aliphatic hydroxyl groups is 2. The van der Waals surface area contributed by atoms with Crippen molar-refractivity contribution in [2.45, 2.75) is 37.1 Å². The van der Waals surface area contributed by atoms with Crippen LogP contribution in [0.5, 0.6) is 17.2 Å². The number of hydrogen-bond donors (Lipinski definition) is 4. The zero-order valence-corrected chi connectivity index (χ0v) is 27.1. The summed E-state index contributed by atoms with van der Waals surface area (Å²) in [6.45, 7) is 2.59. The number of pyridine rings is 1. The monoisotopic (exact) mass is 683 g/mol. The predicted molar refractivity (Wildman–Crippen MR) is 173 cm³/mol. The number of ether oxygens (including phenoxy) is 3. The number of amides is 1. The van der Waals surface area contributed by atoms with E-state index in [-0.39, 0.29) is 59.9 Å². The van der Waals surface area contributed by atoms with E-state index in [2.05, 4.69) is 15.6 Å². The SMILES string of the molecule is COc1cc(C(=O)NCC(O)(c2cc3c(c(-c4ccc(F)cc4)n2)OC[C@]3(C)CN[C@@H](C)c2ccccc2)C(F)(F)F)ccc1OCCO. The quantitative estimate of drug-likeness (QED) is 0.137. The molecule has 1 aliphatic heterocycles. The number of hydrogen-bond acceptors (Lipinski definition) is 8. The van der Waals surface area contributed by atoms with Crippen molar-refractivity contribution in [3.63, 3.8) is 0 Å². The van der Waals surface area contributed by atoms with E-state index in [0.29, 0.717) is 12.1 Å². The molecule has 13 heteroatoms. The zero-order chi connectivity index (χ0) is 35.4. The van der Waals surface area contributed by atoms with Gasteiger partial charge in [0.05, 0.1) is 32.6 Å². The van der Waals surface area contributed by atoms with E-state index in [1.54, 1.807) is 0 Å². The minimum absolute atomic E-state index is 0.00969. The lowest BCUT2D eigenvalue weighted by Gasteiger charge is -2.32. The minimum atomic E-state index is -5.29. The molecule has 9 nitrogen and oxygen atoms in total. The van der Waals surface area contributed by atoms with Gasteiger partial charge in [-0.05, 0) is 61.0 Å². The standard InChI is InChI=1S/C36H37F4N3O6/c1-22(23-7-5-4-6-8-23)41-19-34(2)21-49-32-27(34)18-30(43-31(32)24-9-12-26(37)13-10-24)35(46,36(38,39)40)20-42-33(45)25-11-14-28(48-16-15-44)29(17-25)47-3/h4-14,17-18,22,41,44,46H,15-16,19-21H2,1-3H3,(H,42,45)/t22-,34-,35?/m0/s1. The molecule has 4 aromatic rings. The lowest BCUT2D eigenvalue weighted by atomic mass is 9.82. The Balaban J connectivity index is 1.51. The van der Waals surface area contributed by atoms with Crippen LogP contribution in [0.2, 0.25) is 0 Å². The van der Waals surface area contributed by atoms with Gasteiger partial charge in [0.2, 0.25) is 5.60 Å². The zero-order valence-electron chi connectivity index (χ0n) is 27.1. The molecule has 260 valence electrons. The molecule has 2 heterocycles. The first-order chi connectivity index (χ1) is 23.3. The number of rotatable bonds is 13. The first-order valence-corrected chi connectivity index (χ1v) is 15.5. The molecule has 0 fully saturated rings. The highest BCUT2D eigenvalue weighted by Gasteiger charge is 2.57. The van der Waals surface area contributed by atoms with Crippen LogP contribution in [0.1, 0.15) is 47.1 Å². The van der Waals surface area contributed by atoms with Gasteiger partial charge < -0.3 is 35.1 Å². The van der Waals surface area contributed by atoms with Crippen molar-refractivity contribution in [1.82, 2.24) is 15.6 Å². The maximum Gasteiger partial charge on any atom is 0.424 e. The summed E-state index contributed by atoms with van der Waals surface area (Å²) in [5, 5.41) is 26.1. The molecular weight excluding hydrogens is 646 g/mol. The summed E-state index contributed by atoms with van der Waals surface area (Å²) in [7, 11) is 1.32. The summed E-state index contributed by atoms with van der Waals surface area (Å²) in [5.74, 6) is -0.932. The number of aliphatic hydroxyl groups excluding tert-OH is 1. The van der Waals surface area contributed by atoms with Gasteiger partial charge in [-0.3, -0.25) is 4.79 Å². The van der Waals surface area contributed by atoms with E-state index in [9.17, 15) is 27.5 Å². The molecule has 1 amide bonds. The predicted octanol–water partition coefficient (Wildman–Crippen LogP) is 5.45. The van der Waals surface area contributed by atoms with Gasteiger partial charge in [0.25, 0.3) is 5.91 Å². The fraction of sp³-hybridized carbons (Fsp3) is 0.333. The number of nitrogens with one attached hydrogen (secondary N) is 2. The Bertz CT molecular complexity index is 1770. The Kier molecular flexibility index (Phi) is 10.5. The molecule has 49 heavy (non-hydrogen) atoms. The summed E-state index contributed by atoms with van der Waals surface area (Å²) in [6, 6.07) is 19.7. The van der Waals surface area contributed by atoms with Crippen molar-refractivity contribution in [3.8, 4) is 28.5 Å². The second-order valence-corrected chi connectivity index (χ2v) is 12.1. The van der Waals surface area contributed by atoms with Crippen LogP contribution in [0.25, 0.3) is 11.3 Å². The summed E-state index contributed by atoms with van der Waals surface area (Å²) >= 11 is 0. The normalized spacial score (nSPS) is 17.4. The van der Waals surface area contributed by atoms with E-state index in [1.807, 2.05) is 44.2 Å². The number of methoxy groups -OCH3 is 1. The number of nitrogens with zero attached hydrogens (tertiary/aromatic N) is 1. The largest absolute Gasteiger partial charge is 0.493 e. The molecule has 0 bridgehead atoms. The lowest BCUT2D eigenvalue weighted by Crippen LogP contribution is -2.51. The molecule has 1 aromatic heterocycles. The molecule has 4 N–H and O–H groups in total. The van der Waals surface area contributed by atoms with E-state index in [0.717, 1.165) is 17.7 Å². The lowest BCUT2D eigenvalue weighted by molar-refractivity contribution is -0.265. The number of fused-ring (bicyclic) bond motifs is 1. The van der Waals surface area contributed by atoms with Gasteiger partial charge >= 0.3 is 6.18 Å². The van der Waals surface area contributed by atoms with Gasteiger partial charge in [-0.25, -0.2) is 9.37 Å². The van der Waals surface area contributed by atoms with Crippen LogP contribution >= 0.6 is 0 Å². The fourth-order valence-electron chi connectivity index (χ4n) is 5.57. The summed E-state index contributed by atoms with van der Waals surface area (Å²) in [4.78, 5) is 17.4. The molecule has 3 atom stereocenters. The Morgan fingerprint density at radius 2 is 1.78 bits per heavy atom. The fourth-order valence-corrected chi connectivity index (χ4v) is 5.57. The van der Waals surface area contributed by atoms with Crippen LogP contribution in [-0.4, -0.2) is 67.3 Å². The summed E-state index contributed by atoms with van der Waals surface area (Å²) < 4.78 is 75.2. The molecule has 0 aliphatic carbocycles. The van der Waals surface area contributed by atoms with E-state index >= 15 is 0 Å². The van der Waals surface area contributed by atoms with Crippen LogP contribution in [0.4, 0.5) is 17.6 Å². The van der Waals surface area contributed by atoms with Crippen molar-refractivity contribution >= 4 is 5.91 Å². The number of alkyl halides is 3. The topological polar surface area (TPSA) is 122 Å². The number of halogens is 4. The number of carbonyl (C=O) groups is 1. The molecule has 0 spiro atoms.